The summed E-state index contributed by atoms with van der Waals surface area (Å²) in [6.45, 7) is 4.48. The van der Waals surface area contributed by atoms with Crippen LogP contribution in [0.3, 0.4) is 0 Å². The Morgan fingerprint density at radius 3 is 1.08 bits per heavy atom. The summed E-state index contributed by atoms with van der Waals surface area (Å²) in [5.41, 5.74) is 0.0648. The maximum atomic E-state index is 9.49. The molecule has 0 aliphatic carbocycles. The fourth-order valence-electron chi connectivity index (χ4n) is 0. The molecule has 0 fully saturated rings. The van der Waals surface area contributed by atoms with Crippen LogP contribution in [0.4, 0.5) is 0 Å². The maximum absolute atomic E-state index is 9.49. The minimum Gasteiger partial charge on any atom is -0.870 e. The number of carbonyl (C=O) groups is 1. The van der Waals surface area contributed by atoms with Crippen LogP contribution in [0.2, 0.25) is 0 Å². The Hall–Kier alpha value is 0.0749. The first-order chi connectivity index (χ1) is 2.64. The van der Waals surface area contributed by atoms with E-state index in [1.807, 2.05) is 0 Å². The van der Waals surface area contributed by atoms with E-state index in [9.17, 15) is 9.90 Å². The molecular weight excluding hydrogens is 264 g/mol. The van der Waals surface area contributed by atoms with E-state index in [-0.39, 0.29) is 67.7 Å². The first-order valence-electron chi connectivity index (χ1n) is 1.51. The second kappa shape index (κ2) is 40.1. The molecular formula is C4H10Cr2O7. The van der Waals surface area contributed by atoms with Crippen LogP contribution in [-0.4, -0.2) is 33.4 Å². The van der Waals surface area contributed by atoms with Gasteiger partial charge in [0.15, 0.2) is 0 Å². The Bertz CT molecular complexity index is 84.5. The molecule has 0 aromatic carbocycles. The third-order valence-corrected chi connectivity index (χ3v) is 0.348. The zero-order valence-corrected chi connectivity index (χ0v) is 9.13. The van der Waals surface area contributed by atoms with Crippen molar-refractivity contribution in [2.75, 3.05) is 0 Å². The molecule has 2 radical (unpaired) electrons. The van der Waals surface area contributed by atoms with Crippen molar-refractivity contribution in [3.05, 3.63) is 12.2 Å². The van der Waals surface area contributed by atoms with Gasteiger partial charge in [0.1, 0.15) is 0 Å². The van der Waals surface area contributed by atoms with E-state index in [2.05, 4.69) is 6.58 Å². The van der Waals surface area contributed by atoms with E-state index in [0.29, 0.717) is 0 Å². The van der Waals surface area contributed by atoms with Crippen molar-refractivity contribution >= 4 is 5.97 Å². The number of rotatable bonds is 1. The molecule has 7 nitrogen and oxygen atoms in total. The van der Waals surface area contributed by atoms with Gasteiger partial charge >= 0.3 is 34.7 Å². The Morgan fingerprint density at radius 2 is 1.08 bits per heavy atom. The number of carboxylic acid groups (broad SMARTS) is 1. The summed E-state index contributed by atoms with van der Waals surface area (Å²) in [4.78, 5) is 9.49. The Kier molecular flexibility index (Phi) is 229. The fraction of sp³-hybridized carbons (Fsp3) is 0.250. The first-order valence-corrected chi connectivity index (χ1v) is 1.51. The summed E-state index contributed by atoms with van der Waals surface area (Å²) in [7, 11) is 0. The SMILES string of the molecule is C=C(C)C(=O)[O-].[Cr+3].[Cr+3].[OH-].[OH-].[OH-].[OH-].[OH-]. The van der Waals surface area contributed by atoms with Crippen molar-refractivity contribution in [1.29, 1.82) is 0 Å². The molecule has 0 rings (SSSR count). The molecule has 0 saturated heterocycles. The van der Waals surface area contributed by atoms with Gasteiger partial charge in [-0.15, -0.1) is 0 Å². The molecule has 0 saturated carbocycles. The van der Waals surface area contributed by atoms with Crippen LogP contribution in [0, 0.1) is 0 Å². The van der Waals surface area contributed by atoms with E-state index in [4.69, 9.17) is 0 Å². The number of hydrogen-bond acceptors (Lipinski definition) is 7. The molecule has 80 valence electrons. The van der Waals surface area contributed by atoms with E-state index in [1.165, 1.54) is 6.92 Å². The molecule has 0 bridgehead atoms. The predicted molar refractivity (Wildman–Crippen MR) is 29.5 cm³/mol. The topological polar surface area (TPSA) is 190 Å². The van der Waals surface area contributed by atoms with Gasteiger partial charge in [0.25, 0.3) is 0 Å². The monoisotopic (exact) mass is 274 g/mol. The standard InChI is InChI=1S/C4H6O2.2Cr.5H2O/c1-3(2)4(5)6;;;;;;;/h1H2,2H3,(H,5,6);;;5*1H2/q;2*+3;;;;;/p-6. The van der Waals surface area contributed by atoms with Crippen molar-refractivity contribution in [3.63, 3.8) is 0 Å². The second-order valence-corrected chi connectivity index (χ2v) is 1.07. The third kappa shape index (κ3) is 73.8. The van der Waals surface area contributed by atoms with E-state index >= 15 is 0 Å². The van der Waals surface area contributed by atoms with Gasteiger partial charge in [-0.3, -0.25) is 0 Å². The molecule has 0 spiro atoms. The van der Waals surface area contributed by atoms with Gasteiger partial charge in [0, 0.05) is 0 Å². The second-order valence-electron chi connectivity index (χ2n) is 1.07. The van der Waals surface area contributed by atoms with Gasteiger partial charge in [0.05, 0.1) is 5.97 Å². The van der Waals surface area contributed by atoms with Crippen LogP contribution in [0.25, 0.3) is 0 Å². The van der Waals surface area contributed by atoms with Crippen LogP contribution in [-0.2, 0) is 39.5 Å². The smallest absolute Gasteiger partial charge is 0.870 e. The van der Waals surface area contributed by atoms with Gasteiger partial charge in [-0.1, -0.05) is 6.58 Å². The number of aliphatic carboxylic acids is 1. The van der Waals surface area contributed by atoms with Gasteiger partial charge in [-0.05, 0) is 12.5 Å². The molecule has 9 heteroatoms. The van der Waals surface area contributed by atoms with Crippen LogP contribution >= 0.6 is 0 Å². The molecule has 0 aliphatic heterocycles. The van der Waals surface area contributed by atoms with Crippen LogP contribution in [0.1, 0.15) is 6.92 Å². The average molecular weight is 274 g/mol. The molecule has 0 aliphatic rings. The van der Waals surface area contributed by atoms with Gasteiger partial charge < -0.3 is 37.3 Å². The molecule has 5 N–H and O–H groups in total. The summed E-state index contributed by atoms with van der Waals surface area (Å²) in [6.07, 6.45) is 0. The summed E-state index contributed by atoms with van der Waals surface area (Å²) < 4.78 is 0. The van der Waals surface area contributed by atoms with Gasteiger partial charge in [-0.2, -0.15) is 0 Å². The molecule has 0 unspecified atom stereocenters. The fourth-order valence-corrected chi connectivity index (χ4v) is 0. The van der Waals surface area contributed by atoms with Crippen LogP contribution < -0.4 is 5.11 Å². The van der Waals surface area contributed by atoms with Crippen molar-refractivity contribution in [3.8, 4) is 0 Å². The Balaban J connectivity index is -0.00000000595. The summed E-state index contributed by atoms with van der Waals surface area (Å²) >= 11 is 0. The van der Waals surface area contributed by atoms with E-state index in [1.54, 1.807) is 0 Å². The minimum absolute atomic E-state index is 0. The normalized spacial score (nSPS) is 3.46. The van der Waals surface area contributed by atoms with E-state index in [0.717, 1.165) is 0 Å². The van der Waals surface area contributed by atoms with Gasteiger partial charge in [-0.25, -0.2) is 0 Å². The zero-order valence-electron chi connectivity index (χ0n) is 6.58. The third-order valence-electron chi connectivity index (χ3n) is 0.348. The predicted octanol–water partition coefficient (Wildman–Crippen LogP) is -1.58. The maximum Gasteiger partial charge on any atom is 3.00 e. The molecule has 0 aromatic heterocycles. The molecule has 13 heavy (non-hydrogen) atoms. The summed E-state index contributed by atoms with van der Waals surface area (Å²) in [5.74, 6) is -1.19. The van der Waals surface area contributed by atoms with Crippen molar-refractivity contribution in [2.45, 2.75) is 6.92 Å². The molecule has 0 aromatic rings. The number of carbonyl (C=O) groups excluding carboxylic acids is 1. The molecule has 0 atom stereocenters. The van der Waals surface area contributed by atoms with E-state index < -0.39 is 5.97 Å². The van der Waals surface area contributed by atoms with Crippen molar-refractivity contribution in [1.82, 2.24) is 0 Å². The Morgan fingerprint density at radius 1 is 1.00 bits per heavy atom. The molecule has 0 heterocycles. The summed E-state index contributed by atoms with van der Waals surface area (Å²) in [6, 6.07) is 0. The number of carboxylic acids is 1. The van der Waals surface area contributed by atoms with Crippen molar-refractivity contribution < 1.29 is 72.0 Å². The summed E-state index contributed by atoms with van der Waals surface area (Å²) in [5, 5.41) is 9.49. The van der Waals surface area contributed by atoms with Crippen LogP contribution in [0.5, 0.6) is 0 Å². The van der Waals surface area contributed by atoms with Gasteiger partial charge in [0.2, 0.25) is 0 Å². The van der Waals surface area contributed by atoms with Crippen molar-refractivity contribution in [2.24, 2.45) is 0 Å². The average Bonchev–Trinajstić information content (AvgIpc) is 1.36. The zero-order chi connectivity index (χ0) is 5.15. The first kappa shape index (κ1) is 74.0. The quantitative estimate of drug-likeness (QED) is 0.515. The number of hydrogen-bond donors (Lipinski definition) is 0. The van der Waals surface area contributed by atoms with Crippen LogP contribution in [0.15, 0.2) is 12.2 Å². The largest absolute Gasteiger partial charge is 3.00 e. The Labute approximate surface area is 97.3 Å². The molecule has 0 amide bonds. The minimum atomic E-state index is -1.19.